The summed E-state index contributed by atoms with van der Waals surface area (Å²) in [4.78, 5) is 23.6. The number of alkyl halides is 1. The van der Waals surface area contributed by atoms with Crippen LogP contribution in [0.5, 0.6) is 0 Å². The lowest BCUT2D eigenvalue weighted by Gasteiger charge is -2.25. The van der Waals surface area contributed by atoms with E-state index in [9.17, 15) is 9.59 Å². The summed E-state index contributed by atoms with van der Waals surface area (Å²) in [5.74, 6) is -0.532. The standard InChI is InChI=1S/C13H24BrNO4/c1-8(2)10(11(16)18-9(3)7-14)15-12(17)19-13(4,5)6/h8-10H,7H2,1-6H3,(H,15,17)/t9-,10?/m0/s1. The van der Waals surface area contributed by atoms with Crippen molar-refractivity contribution in [3.8, 4) is 0 Å². The summed E-state index contributed by atoms with van der Waals surface area (Å²) < 4.78 is 10.3. The lowest BCUT2D eigenvalue weighted by atomic mass is 10.1. The largest absolute Gasteiger partial charge is 0.460 e. The van der Waals surface area contributed by atoms with Crippen LogP contribution < -0.4 is 5.32 Å². The summed E-state index contributed by atoms with van der Waals surface area (Å²) in [5.41, 5.74) is -0.599. The van der Waals surface area contributed by atoms with E-state index in [1.54, 1.807) is 27.7 Å². The third-order valence-electron chi connectivity index (χ3n) is 2.13. The highest BCUT2D eigenvalue weighted by atomic mass is 79.9. The molecule has 0 aromatic heterocycles. The molecule has 0 aliphatic rings. The molecule has 5 nitrogen and oxygen atoms in total. The molecule has 19 heavy (non-hydrogen) atoms. The smallest absolute Gasteiger partial charge is 0.408 e. The topological polar surface area (TPSA) is 64.6 Å². The maximum Gasteiger partial charge on any atom is 0.408 e. The highest BCUT2D eigenvalue weighted by Crippen LogP contribution is 2.10. The first kappa shape index (κ1) is 18.2. The Bertz CT molecular complexity index is 312. The Kier molecular flexibility index (Phi) is 7.41. The monoisotopic (exact) mass is 337 g/mol. The molecule has 0 bridgehead atoms. The molecule has 1 N–H and O–H groups in total. The van der Waals surface area contributed by atoms with Crippen molar-refractivity contribution in [3.05, 3.63) is 0 Å². The normalized spacial score (nSPS) is 14.7. The number of amides is 1. The van der Waals surface area contributed by atoms with Crippen molar-refractivity contribution < 1.29 is 19.1 Å². The molecule has 6 heteroatoms. The molecule has 1 amide bonds. The van der Waals surface area contributed by atoms with Gasteiger partial charge in [-0.15, -0.1) is 0 Å². The van der Waals surface area contributed by atoms with Crippen LogP contribution in [0.1, 0.15) is 41.5 Å². The van der Waals surface area contributed by atoms with Gasteiger partial charge in [0.1, 0.15) is 17.7 Å². The lowest BCUT2D eigenvalue weighted by molar-refractivity contribution is -0.150. The Balaban J connectivity index is 4.58. The van der Waals surface area contributed by atoms with Crippen molar-refractivity contribution >= 4 is 28.0 Å². The third-order valence-corrected chi connectivity index (χ3v) is 3.04. The summed E-state index contributed by atoms with van der Waals surface area (Å²) in [6.45, 7) is 10.7. The van der Waals surface area contributed by atoms with Gasteiger partial charge in [0.05, 0.1) is 0 Å². The van der Waals surface area contributed by atoms with E-state index in [1.165, 1.54) is 0 Å². The van der Waals surface area contributed by atoms with Crippen LogP contribution in [0.4, 0.5) is 4.79 Å². The average Bonchev–Trinajstić information content (AvgIpc) is 2.22. The number of hydrogen-bond acceptors (Lipinski definition) is 4. The zero-order valence-electron chi connectivity index (χ0n) is 12.5. The molecule has 0 saturated heterocycles. The van der Waals surface area contributed by atoms with E-state index in [0.29, 0.717) is 5.33 Å². The number of hydrogen-bond donors (Lipinski definition) is 1. The molecule has 0 rings (SSSR count). The van der Waals surface area contributed by atoms with E-state index < -0.39 is 23.7 Å². The number of carbonyl (C=O) groups excluding carboxylic acids is 2. The second kappa shape index (κ2) is 7.72. The van der Waals surface area contributed by atoms with Gasteiger partial charge in [-0.1, -0.05) is 29.8 Å². The summed E-state index contributed by atoms with van der Waals surface area (Å²) >= 11 is 3.23. The number of nitrogens with one attached hydrogen (secondary N) is 1. The molecule has 0 saturated carbocycles. The summed E-state index contributed by atoms with van der Waals surface area (Å²) in [5, 5.41) is 3.10. The summed E-state index contributed by atoms with van der Waals surface area (Å²) in [7, 11) is 0. The van der Waals surface area contributed by atoms with Gasteiger partial charge in [0.15, 0.2) is 0 Å². The average molecular weight is 338 g/mol. The highest BCUT2D eigenvalue weighted by Gasteiger charge is 2.28. The van der Waals surface area contributed by atoms with E-state index in [1.807, 2.05) is 13.8 Å². The van der Waals surface area contributed by atoms with Crippen LogP contribution in [-0.2, 0) is 14.3 Å². The molecule has 0 heterocycles. The Labute approximate surface area is 123 Å². The van der Waals surface area contributed by atoms with E-state index in [2.05, 4.69) is 21.2 Å². The second-order valence-electron chi connectivity index (χ2n) is 5.77. The van der Waals surface area contributed by atoms with E-state index >= 15 is 0 Å². The fraction of sp³-hybridized carbons (Fsp3) is 0.846. The summed E-state index contributed by atoms with van der Waals surface area (Å²) in [6, 6.07) is -0.712. The van der Waals surface area contributed by atoms with E-state index in [0.717, 1.165) is 0 Å². The quantitative estimate of drug-likeness (QED) is 0.618. The zero-order valence-corrected chi connectivity index (χ0v) is 14.0. The minimum Gasteiger partial charge on any atom is -0.460 e. The van der Waals surface area contributed by atoms with Gasteiger partial charge in [0, 0.05) is 5.33 Å². The first-order valence-electron chi connectivity index (χ1n) is 6.32. The Morgan fingerprint density at radius 3 is 2.11 bits per heavy atom. The minimum absolute atomic E-state index is 0.0810. The first-order valence-corrected chi connectivity index (χ1v) is 7.45. The van der Waals surface area contributed by atoms with Crippen LogP contribution in [0.15, 0.2) is 0 Å². The van der Waals surface area contributed by atoms with Gasteiger partial charge in [-0.2, -0.15) is 0 Å². The lowest BCUT2D eigenvalue weighted by Crippen LogP contribution is -2.47. The van der Waals surface area contributed by atoms with Crippen molar-refractivity contribution in [1.82, 2.24) is 5.32 Å². The van der Waals surface area contributed by atoms with E-state index in [4.69, 9.17) is 9.47 Å². The Morgan fingerprint density at radius 2 is 1.74 bits per heavy atom. The first-order chi connectivity index (χ1) is 8.56. The zero-order chi connectivity index (χ0) is 15.2. The number of carbonyl (C=O) groups is 2. The van der Waals surface area contributed by atoms with Crippen LogP contribution in [-0.4, -0.2) is 35.1 Å². The van der Waals surface area contributed by atoms with Crippen molar-refractivity contribution in [2.24, 2.45) is 5.92 Å². The molecule has 112 valence electrons. The van der Waals surface area contributed by atoms with Crippen LogP contribution in [0, 0.1) is 5.92 Å². The molecule has 0 radical (unpaired) electrons. The predicted molar refractivity (Wildman–Crippen MR) is 77.3 cm³/mol. The molecule has 1 unspecified atom stereocenters. The van der Waals surface area contributed by atoms with Crippen LogP contribution in [0.25, 0.3) is 0 Å². The van der Waals surface area contributed by atoms with Gasteiger partial charge in [-0.25, -0.2) is 9.59 Å². The fourth-order valence-corrected chi connectivity index (χ4v) is 1.37. The van der Waals surface area contributed by atoms with Crippen LogP contribution in [0.3, 0.4) is 0 Å². The van der Waals surface area contributed by atoms with Crippen molar-refractivity contribution in [1.29, 1.82) is 0 Å². The molecular weight excluding hydrogens is 314 g/mol. The molecule has 0 fully saturated rings. The molecular formula is C13H24BrNO4. The molecule has 2 atom stereocenters. The maximum absolute atomic E-state index is 11.9. The molecule has 0 aromatic carbocycles. The maximum atomic E-state index is 11.9. The molecule has 0 aliphatic heterocycles. The molecule has 0 aliphatic carbocycles. The van der Waals surface area contributed by atoms with Gasteiger partial charge >= 0.3 is 12.1 Å². The van der Waals surface area contributed by atoms with Crippen LogP contribution in [0.2, 0.25) is 0 Å². The second-order valence-corrected chi connectivity index (χ2v) is 6.42. The van der Waals surface area contributed by atoms with Crippen LogP contribution >= 0.6 is 15.9 Å². The Hall–Kier alpha value is -0.780. The van der Waals surface area contributed by atoms with Crippen molar-refractivity contribution in [3.63, 3.8) is 0 Å². The van der Waals surface area contributed by atoms with Gasteiger partial charge in [-0.05, 0) is 33.6 Å². The number of rotatable bonds is 5. The SMILES string of the molecule is CC(C)C(NC(=O)OC(C)(C)C)C(=O)O[C@@H](C)CBr. The molecule has 0 spiro atoms. The van der Waals surface area contributed by atoms with Gasteiger partial charge in [0.25, 0.3) is 0 Å². The third kappa shape index (κ3) is 8.08. The van der Waals surface area contributed by atoms with Crippen molar-refractivity contribution in [2.45, 2.75) is 59.3 Å². The summed E-state index contributed by atoms with van der Waals surface area (Å²) in [6.07, 6.45) is -0.858. The van der Waals surface area contributed by atoms with Gasteiger partial charge in [-0.3, -0.25) is 0 Å². The number of halogens is 1. The number of ether oxygens (including phenoxy) is 2. The van der Waals surface area contributed by atoms with Gasteiger partial charge in [0.2, 0.25) is 0 Å². The van der Waals surface area contributed by atoms with Crippen molar-refractivity contribution in [2.75, 3.05) is 5.33 Å². The fourth-order valence-electron chi connectivity index (χ4n) is 1.24. The number of alkyl carbamates (subject to hydrolysis) is 1. The molecule has 0 aromatic rings. The Morgan fingerprint density at radius 1 is 1.21 bits per heavy atom. The van der Waals surface area contributed by atoms with E-state index in [-0.39, 0.29) is 12.0 Å². The highest BCUT2D eigenvalue weighted by molar-refractivity contribution is 9.09. The number of esters is 1. The van der Waals surface area contributed by atoms with Gasteiger partial charge < -0.3 is 14.8 Å². The minimum atomic E-state index is -0.712. The predicted octanol–water partition coefficient (Wildman–Crippen LogP) is 2.86.